The Bertz CT molecular complexity index is 585. The maximum absolute atomic E-state index is 12.1. The van der Waals surface area contributed by atoms with Crippen molar-refractivity contribution in [2.75, 3.05) is 6.61 Å². The molecule has 1 aromatic rings. The molecule has 3 atom stereocenters. The first-order chi connectivity index (χ1) is 11.0. The van der Waals surface area contributed by atoms with Crippen molar-refractivity contribution in [3.63, 3.8) is 0 Å². The minimum absolute atomic E-state index is 0.0367. The fourth-order valence-corrected chi connectivity index (χ4v) is 2.51. The van der Waals surface area contributed by atoms with Gasteiger partial charge < -0.3 is 14.2 Å². The van der Waals surface area contributed by atoms with Gasteiger partial charge in [0.05, 0.1) is 5.56 Å². The fourth-order valence-electron chi connectivity index (χ4n) is 2.08. The van der Waals surface area contributed by atoms with E-state index in [0.29, 0.717) is 17.0 Å². The van der Waals surface area contributed by atoms with Crippen LogP contribution in [0.2, 0.25) is 5.02 Å². The number of benzene rings is 1. The topological polar surface area (TPSA) is 61.8 Å². The van der Waals surface area contributed by atoms with Gasteiger partial charge >= 0.3 is 11.9 Å². The van der Waals surface area contributed by atoms with Gasteiger partial charge in [0, 0.05) is 17.5 Å². The molecule has 0 radical (unpaired) electrons. The summed E-state index contributed by atoms with van der Waals surface area (Å²) in [4.78, 5) is 23.5. The molecule has 2 rings (SSSR count). The molecule has 7 heteroatoms. The van der Waals surface area contributed by atoms with E-state index < -0.39 is 29.7 Å². The second-order valence-electron chi connectivity index (χ2n) is 4.90. The molecule has 124 valence electrons. The zero-order chi connectivity index (χ0) is 16.8. The Balaban J connectivity index is 1.94. The second-order valence-corrected chi connectivity index (χ2v) is 5.82. The van der Waals surface area contributed by atoms with Crippen molar-refractivity contribution in [2.45, 2.75) is 31.1 Å². The lowest BCUT2D eigenvalue weighted by atomic mass is 10.2. The van der Waals surface area contributed by atoms with Crippen molar-refractivity contribution < 1.29 is 23.8 Å². The van der Waals surface area contributed by atoms with Crippen LogP contribution in [0.25, 0.3) is 0 Å². The van der Waals surface area contributed by atoms with E-state index in [4.69, 9.17) is 37.4 Å². The molecule has 23 heavy (non-hydrogen) atoms. The predicted octanol–water partition coefficient (Wildman–Crippen LogP) is 3.34. The van der Waals surface area contributed by atoms with E-state index in [2.05, 4.69) is 0 Å². The van der Waals surface area contributed by atoms with Gasteiger partial charge in [-0.05, 0) is 31.2 Å². The molecule has 1 saturated heterocycles. The summed E-state index contributed by atoms with van der Waals surface area (Å²) in [5.41, 5.74) is -0.222. The molecule has 0 saturated carbocycles. The van der Waals surface area contributed by atoms with Crippen LogP contribution in [0, 0.1) is 0 Å². The minimum Gasteiger partial charge on any atom is -0.460 e. The van der Waals surface area contributed by atoms with Gasteiger partial charge in [0.25, 0.3) is 0 Å². The van der Waals surface area contributed by atoms with Gasteiger partial charge in [-0.25, -0.2) is 9.59 Å². The summed E-state index contributed by atoms with van der Waals surface area (Å²) in [6, 6.07) is 6.34. The molecule has 0 bridgehead atoms. The van der Waals surface area contributed by atoms with Gasteiger partial charge in [0.15, 0.2) is 0 Å². The zero-order valence-electron chi connectivity index (χ0n) is 12.4. The van der Waals surface area contributed by atoms with E-state index >= 15 is 0 Å². The second kappa shape index (κ2) is 8.34. The number of carbonyl (C=O) groups excluding carboxylic acids is 2. The fraction of sp³-hybridized carbons (Fsp3) is 0.375. The van der Waals surface area contributed by atoms with Gasteiger partial charge in [0.2, 0.25) is 0 Å². The molecule has 0 amide bonds. The number of ether oxygens (including phenoxy) is 3. The number of halogens is 2. The lowest BCUT2D eigenvalue weighted by Crippen LogP contribution is -2.32. The SMILES string of the molecule is C/C=C/C(=O)OCC1OC(Cl)CC1OC(=O)c1ccc(Cl)cc1. The van der Waals surface area contributed by atoms with Crippen molar-refractivity contribution >= 4 is 35.1 Å². The van der Waals surface area contributed by atoms with Crippen LogP contribution in [0.5, 0.6) is 0 Å². The Hall–Kier alpha value is -1.56. The quantitative estimate of drug-likeness (QED) is 0.458. The maximum Gasteiger partial charge on any atom is 0.338 e. The van der Waals surface area contributed by atoms with Crippen molar-refractivity contribution in [2.24, 2.45) is 0 Å². The van der Waals surface area contributed by atoms with Crippen molar-refractivity contribution in [1.82, 2.24) is 0 Å². The summed E-state index contributed by atoms with van der Waals surface area (Å²) < 4.78 is 15.9. The van der Waals surface area contributed by atoms with E-state index in [1.807, 2.05) is 0 Å². The minimum atomic E-state index is -0.594. The first-order valence-corrected chi connectivity index (χ1v) is 7.86. The van der Waals surface area contributed by atoms with Gasteiger partial charge in [-0.15, -0.1) is 0 Å². The third kappa shape index (κ3) is 5.23. The van der Waals surface area contributed by atoms with Crippen LogP contribution in [-0.4, -0.2) is 36.3 Å². The lowest BCUT2D eigenvalue weighted by molar-refractivity contribution is -0.142. The summed E-state index contributed by atoms with van der Waals surface area (Å²) in [7, 11) is 0. The Morgan fingerprint density at radius 2 is 2.04 bits per heavy atom. The molecular formula is C16H16Cl2O5. The van der Waals surface area contributed by atoms with Crippen LogP contribution < -0.4 is 0 Å². The lowest BCUT2D eigenvalue weighted by Gasteiger charge is -2.18. The third-order valence-electron chi connectivity index (χ3n) is 3.19. The summed E-state index contributed by atoms with van der Waals surface area (Å²) >= 11 is 11.7. The van der Waals surface area contributed by atoms with Crippen LogP contribution in [0.1, 0.15) is 23.7 Å². The largest absolute Gasteiger partial charge is 0.460 e. The Morgan fingerprint density at radius 3 is 2.70 bits per heavy atom. The summed E-state index contributed by atoms with van der Waals surface area (Å²) in [6.07, 6.45) is 2.01. The van der Waals surface area contributed by atoms with Crippen molar-refractivity contribution in [3.8, 4) is 0 Å². The average molecular weight is 359 g/mol. The van der Waals surface area contributed by atoms with Gasteiger partial charge in [-0.2, -0.15) is 0 Å². The Kier molecular flexibility index (Phi) is 6.45. The molecule has 0 aromatic heterocycles. The highest BCUT2D eigenvalue weighted by Crippen LogP contribution is 2.27. The highest BCUT2D eigenvalue weighted by atomic mass is 35.5. The normalized spacial score (nSPS) is 23.9. The molecule has 5 nitrogen and oxygen atoms in total. The van der Waals surface area contributed by atoms with Crippen LogP contribution in [0.4, 0.5) is 0 Å². The van der Waals surface area contributed by atoms with Crippen LogP contribution in [0.15, 0.2) is 36.4 Å². The summed E-state index contributed by atoms with van der Waals surface area (Å²) in [6.45, 7) is 1.67. The molecule has 1 aromatic carbocycles. The third-order valence-corrected chi connectivity index (χ3v) is 3.72. The van der Waals surface area contributed by atoms with E-state index in [0.717, 1.165) is 0 Å². The van der Waals surface area contributed by atoms with Crippen molar-refractivity contribution in [1.29, 1.82) is 0 Å². The number of carbonyl (C=O) groups is 2. The number of esters is 2. The van der Waals surface area contributed by atoms with E-state index in [-0.39, 0.29) is 6.61 Å². The first kappa shape index (κ1) is 17.8. The summed E-state index contributed by atoms with van der Waals surface area (Å²) in [5.74, 6) is -0.997. The number of rotatable bonds is 5. The van der Waals surface area contributed by atoms with Gasteiger partial charge in [-0.3, -0.25) is 0 Å². The first-order valence-electron chi connectivity index (χ1n) is 7.05. The highest BCUT2D eigenvalue weighted by molar-refractivity contribution is 6.30. The molecule has 1 aliphatic rings. The highest BCUT2D eigenvalue weighted by Gasteiger charge is 2.38. The molecule has 0 N–H and O–H groups in total. The molecule has 0 aliphatic carbocycles. The molecule has 1 fully saturated rings. The predicted molar refractivity (Wildman–Crippen MR) is 85.6 cm³/mol. The Labute approximate surface area is 144 Å². The summed E-state index contributed by atoms with van der Waals surface area (Å²) in [5, 5.41) is 0.528. The number of hydrogen-bond acceptors (Lipinski definition) is 5. The van der Waals surface area contributed by atoms with Gasteiger partial charge in [0.1, 0.15) is 24.4 Å². The molecular weight excluding hydrogens is 343 g/mol. The molecule has 0 spiro atoms. The van der Waals surface area contributed by atoms with Crippen molar-refractivity contribution in [3.05, 3.63) is 47.0 Å². The van der Waals surface area contributed by atoms with E-state index in [9.17, 15) is 9.59 Å². The van der Waals surface area contributed by atoms with Gasteiger partial charge in [-0.1, -0.05) is 29.3 Å². The maximum atomic E-state index is 12.1. The molecule has 1 aliphatic heterocycles. The van der Waals surface area contributed by atoms with E-state index in [1.165, 1.54) is 6.08 Å². The standard InChI is InChI=1S/C16H16Cl2O5/c1-2-3-15(19)21-9-13-12(8-14(18)22-13)23-16(20)10-4-6-11(17)7-5-10/h2-7,12-14H,8-9H2,1H3/b3-2+. The van der Waals surface area contributed by atoms with E-state index in [1.54, 1.807) is 37.3 Å². The average Bonchev–Trinajstić information content (AvgIpc) is 2.86. The van der Waals surface area contributed by atoms with Crippen LogP contribution in [-0.2, 0) is 19.0 Å². The number of hydrogen-bond donors (Lipinski definition) is 0. The molecule has 1 heterocycles. The molecule has 3 unspecified atom stereocenters. The smallest absolute Gasteiger partial charge is 0.338 e. The zero-order valence-corrected chi connectivity index (χ0v) is 13.9. The van der Waals surface area contributed by atoms with Crippen LogP contribution in [0.3, 0.4) is 0 Å². The number of allylic oxidation sites excluding steroid dienone is 1. The number of alkyl halides is 1. The monoisotopic (exact) mass is 358 g/mol. The Morgan fingerprint density at radius 1 is 1.35 bits per heavy atom. The van der Waals surface area contributed by atoms with Crippen LogP contribution >= 0.6 is 23.2 Å².